The van der Waals surface area contributed by atoms with Crippen LogP contribution in [-0.2, 0) is 9.57 Å². The highest BCUT2D eigenvalue weighted by Gasteiger charge is 2.22. The van der Waals surface area contributed by atoms with Crippen LogP contribution >= 0.6 is 0 Å². The number of anilines is 1. The molecule has 0 unspecified atom stereocenters. The highest BCUT2D eigenvalue weighted by atomic mass is 16.6. The molecule has 1 fully saturated rings. The monoisotopic (exact) mass is 349 g/mol. The molecule has 136 valence electrons. The van der Waals surface area contributed by atoms with Gasteiger partial charge in [-0.15, -0.1) is 0 Å². The Balaban J connectivity index is 1.77. The number of nitro benzene ring substituents is 1. The number of hydrogen-bond donors (Lipinski definition) is 1. The van der Waals surface area contributed by atoms with E-state index in [2.05, 4.69) is 10.5 Å². The summed E-state index contributed by atoms with van der Waals surface area (Å²) >= 11 is 0. The number of nitrogens with zero attached hydrogens (tertiary/aromatic N) is 2. The minimum atomic E-state index is -0.565. The van der Waals surface area contributed by atoms with Crippen LogP contribution in [0, 0.1) is 10.1 Å². The molecule has 0 bridgehead atoms. The molecule has 0 heterocycles. The van der Waals surface area contributed by atoms with Crippen LogP contribution < -0.4 is 5.32 Å². The predicted molar refractivity (Wildman–Crippen MR) is 93.7 cm³/mol. The van der Waals surface area contributed by atoms with Crippen molar-refractivity contribution in [2.24, 2.45) is 5.16 Å². The van der Waals surface area contributed by atoms with E-state index in [-0.39, 0.29) is 17.4 Å². The first-order valence-electron chi connectivity index (χ1n) is 8.19. The Bertz CT molecular complexity index is 639. The zero-order valence-electron chi connectivity index (χ0n) is 14.7. The van der Waals surface area contributed by atoms with Gasteiger partial charge in [0.1, 0.15) is 11.7 Å². The first-order chi connectivity index (χ1) is 11.7. The maximum atomic E-state index is 11.9. The lowest BCUT2D eigenvalue weighted by molar-refractivity contribution is -0.384. The number of carbonyl (C=O) groups excluding carboxylic acids is 1. The van der Waals surface area contributed by atoms with Gasteiger partial charge in [-0.2, -0.15) is 0 Å². The molecule has 8 heteroatoms. The fraction of sp³-hybridized carbons (Fsp3) is 0.529. The Morgan fingerprint density at radius 1 is 1.24 bits per heavy atom. The summed E-state index contributed by atoms with van der Waals surface area (Å²) < 4.78 is 5.39. The van der Waals surface area contributed by atoms with E-state index in [9.17, 15) is 14.9 Å². The Morgan fingerprint density at radius 3 is 2.36 bits per heavy atom. The van der Waals surface area contributed by atoms with Gasteiger partial charge < -0.3 is 9.57 Å². The van der Waals surface area contributed by atoms with Gasteiger partial charge in [-0.05, 0) is 58.6 Å². The third-order valence-corrected chi connectivity index (χ3v) is 3.56. The number of hydrogen-bond acceptors (Lipinski definition) is 6. The van der Waals surface area contributed by atoms with E-state index in [0.29, 0.717) is 18.5 Å². The van der Waals surface area contributed by atoms with E-state index in [0.717, 1.165) is 18.6 Å². The van der Waals surface area contributed by atoms with E-state index in [1.807, 2.05) is 20.8 Å². The van der Waals surface area contributed by atoms with Crippen molar-refractivity contribution < 1.29 is 19.3 Å². The molecular weight excluding hydrogens is 326 g/mol. The number of benzene rings is 1. The third kappa shape index (κ3) is 6.40. The van der Waals surface area contributed by atoms with Gasteiger partial charge in [0.2, 0.25) is 0 Å². The van der Waals surface area contributed by atoms with Crippen molar-refractivity contribution in [3.05, 3.63) is 34.4 Å². The summed E-state index contributed by atoms with van der Waals surface area (Å²) in [6.07, 6.45) is 2.11. The molecule has 1 aliphatic carbocycles. The highest BCUT2D eigenvalue weighted by Crippen LogP contribution is 2.21. The van der Waals surface area contributed by atoms with E-state index in [1.165, 1.54) is 24.3 Å². The van der Waals surface area contributed by atoms with E-state index < -0.39 is 11.0 Å². The number of carbonyl (C=O) groups is 1. The SMILES string of the molecule is CC(C)(C)ON=C1CCC(OC(=O)Nc2ccc([N+](=O)[O-])cc2)CC1. The van der Waals surface area contributed by atoms with Gasteiger partial charge in [0.05, 0.1) is 10.6 Å². The van der Waals surface area contributed by atoms with Gasteiger partial charge in [0, 0.05) is 17.8 Å². The maximum Gasteiger partial charge on any atom is 0.411 e. The Hall–Kier alpha value is -2.64. The number of non-ortho nitro benzene ring substituents is 1. The Labute approximate surface area is 146 Å². The van der Waals surface area contributed by atoms with Crippen molar-refractivity contribution in [3.8, 4) is 0 Å². The third-order valence-electron chi connectivity index (χ3n) is 3.56. The van der Waals surface area contributed by atoms with Crippen LogP contribution in [0.3, 0.4) is 0 Å². The van der Waals surface area contributed by atoms with Crippen molar-refractivity contribution in [2.45, 2.75) is 58.2 Å². The van der Waals surface area contributed by atoms with Gasteiger partial charge >= 0.3 is 6.09 Å². The van der Waals surface area contributed by atoms with Crippen LogP contribution in [0.1, 0.15) is 46.5 Å². The van der Waals surface area contributed by atoms with Crippen LogP contribution in [0.2, 0.25) is 0 Å². The van der Waals surface area contributed by atoms with Gasteiger partial charge in [-0.3, -0.25) is 15.4 Å². The summed E-state index contributed by atoms with van der Waals surface area (Å²) in [6.45, 7) is 5.82. The molecule has 0 saturated heterocycles. The van der Waals surface area contributed by atoms with Crippen LogP contribution in [0.25, 0.3) is 0 Å². The highest BCUT2D eigenvalue weighted by molar-refractivity contribution is 5.86. The van der Waals surface area contributed by atoms with Crippen LogP contribution in [0.15, 0.2) is 29.4 Å². The molecule has 1 aromatic rings. The number of amides is 1. The number of ether oxygens (including phenoxy) is 1. The van der Waals surface area contributed by atoms with Crippen LogP contribution in [0.5, 0.6) is 0 Å². The lowest BCUT2D eigenvalue weighted by atomic mass is 9.96. The Kier molecular flexibility index (Phi) is 5.95. The van der Waals surface area contributed by atoms with E-state index in [1.54, 1.807) is 0 Å². The molecule has 1 saturated carbocycles. The Morgan fingerprint density at radius 2 is 1.84 bits per heavy atom. The van der Waals surface area contributed by atoms with Gasteiger partial charge in [0.15, 0.2) is 0 Å². The quantitative estimate of drug-likeness (QED) is 0.646. The average molecular weight is 349 g/mol. The summed E-state index contributed by atoms with van der Waals surface area (Å²) in [5.74, 6) is 0. The molecule has 1 N–H and O–H groups in total. The van der Waals surface area contributed by atoms with Gasteiger partial charge in [-0.1, -0.05) is 5.16 Å². The van der Waals surface area contributed by atoms with Crippen molar-refractivity contribution >= 4 is 23.2 Å². The summed E-state index contributed by atoms with van der Waals surface area (Å²) in [5, 5.41) is 17.3. The molecule has 2 rings (SSSR count). The van der Waals surface area contributed by atoms with Crippen molar-refractivity contribution in [1.82, 2.24) is 0 Å². The van der Waals surface area contributed by atoms with Crippen molar-refractivity contribution in [2.75, 3.05) is 5.32 Å². The number of oxime groups is 1. The molecular formula is C17H23N3O5. The standard InChI is InChI=1S/C17H23N3O5/c1-17(2,3)25-19-13-6-10-15(11-7-13)24-16(21)18-12-4-8-14(9-5-12)20(22)23/h4-5,8-9,15H,6-7,10-11H2,1-3H3,(H,18,21). The zero-order chi connectivity index (χ0) is 18.4. The second kappa shape index (κ2) is 7.96. The van der Waals surface area contributed by atoms with Gasteiger partial charge in [0.25, 0.3) is 5.69 Å². The molecule has 1 aromatic carbocycles. The molecule has 1 aliphatic rings. The molecule has 0 radical (unpaired) electrons. The second-order valence-electron chi connectivity index (χ2n) is 6.89. The second-order valence-corrected chi connectivity index (χ2v) is 6.89. The summed E-state index contributed by atoms with van der Waals surface area (Å²) in [4.78, 5) is 27.4. The summed E-state index contributed by atoms with van der Waals surface area (Å²) in [7, 11) is 0. The summed E-state index contributed by atoms with van der Waals surface area (Å²) in [5.41, 5.74) is 1.08. The minimum absolute atomic E-state index is 0.0320. The number of rotatable bonds is 4. The predicted octanol–water partition coefficient (Wildman–Crippen LogP) is 4.26. The molecule has 0 atom stereocenters. The topological polar surface area (TPSA) is 103 Å². The lowest BCUT2D eigenvalue weighted by Gasteiger charge is -2.24. The normalized spacial score (nSPS) is 17.6. The molecule has 25 heavy (non-hydrogen) atoms. The van der Waals surface area contributed by atoms with Gasteiger partial charge in [-0.25, -0.2) is 4.79 Å². The molecule has 0 spiro atoms. The minimum Gasteiger partial charge on any atom is -0.446 e. The molecule has 0 aliphatic heterocycles. The largest absolute Gasteiger partial charge is 0.446 e. The fourth-order valence-corrected chi connectivity index (χ4v) is 2.30. The first-order valence-corrected chi connectivity index (χ1v) is 8.19. The number of nitro groups is 1. The zero-order valence-corrected chi connectivity index (χ0v) is 14.7. The molecule has 0 aromatic heterocycles. The van der Waals surface area contributed by atoms with Crippen molar-refractivity contribution in [1.29, 1.82) is 0 Å². The number of nitrogens with one attached hydrogen (secondary N) is 1. The van der Waals surface area contributed by atoms with E-state index in [4.69, 9.17) is 9.57 Å². The average Bonchev–Trinajstić information content (AvgIpc) is 2.54. The lowest BCUT2D eigenvalue weighted by Crippen LogP contribution is -2.27. The smallest absolute Gasteiger partial charge is 0.411 e. The fourth-order valence-electron chi connectivity index (χ4n) is 2.30. The van der Waals surface area contributed by atoms with E-state index >= 15 is 0 Å². The maximum absolute atomic E-state index is 11.9. The molecule has 1 amide bonds. The first kappa shape index (κ1) is 18.7. The van der Waals surface area contributed by atoms with Crippen LogP contribution in [0.4, 0.5) is 16.2 Å². The summed E-state index contributed by atoms with van der Waals surface area (Å²) in [6, 6.07) is 5.59. The van der Waals surface area contributed by atoms with Crippen LogP contribution in [-0.4, -0.2) is 28.4 Å². The van der Waals surface area contributed by atoms with Crippen molar-refractivity contribution in [3.63, 3.8) is 0 Å². The molecule has 8 nitrogen and oxygen atoms in total.